The smallest absolute Gasteiger partial charge is 0.171 e. The minimum Gasteiger partial charge on any atom is -0.496 e. The Labute approximate surface area is 161 Å². The highest BCUT2D eigenvalue weighted by Gasteiger charge is 2.21. The van der Waals surface area contributed by atoms with Crippen LogP contribution >= 0.6 is 12.2 Å². The Morgan fingerprint density at radius 1 is 1.12 bits per heavy atom. The second kappa shape index (κ2) is 9.99. The van der Waals surface area contributed by atoms with Crippen LogP contribution in [0.1, 0.15) is 18.5 Å². The van der Waals surface area contributed by atoms with Crippen LogP contribution in [0.5, 0.6) is 11.5 Å². The minimum absolute atomic E-state index is 0.214. The monoisotopic (exact) mass is 374 g/mol. The summed E-state index contributed by atoms with van der Waals surface area (Å²) >= 11 is 5.44. The molecule has 2 aromatic rings. The van der Waals surface area contributed by atoms with Crippen LogP contribution in [0.3, 0.4) is 0 Å². The quantitative estimate of drug-likeness (QED) is 0.619. The van der Waals surface area contributed by atoms with E-state index < -0.39 is 0 Å². The predicted octanol–water partition coefficient (Wildman–Crippen LogP) is 2.27. The van der Waals surface area contributed by atoms with Crippen molar-refractivity contribution in [1.29, 1.82) is 0 Å². The Morgan fingerprint density at radius 3 is 2.42 bits per heavy atom. The molecule has 0 bridgehead atoms. The molecule has 0 radical (unpaired) electrons. The first-order valence-electron chi connectivity index (χ1n) is 8.75. The minimum atomic E-state index is 0.214. The van der Waals surface area contributed by atoms with E-state index in [0.29, 0.717) is 18.3 Å². The molecule has 2 aromatic carbocycles. The lowest BCUT2D eigenvalue weighted by atomic mass is 10.0. The number of para-hydroxylation sites is 1. The van der Waals surface area contributed by atoms with E-state index in [0.717, 1.165) is 22.7 Å². The molecule has 0 aliphatic heterocycles. The summed E-state index contributed by atoms with van der Waals surface area (Å²) in [6.45, 7) is 3.33. The fraction of sp³-hybridized carbons (Fsp3) is 0.350. The van der Waals surface area contributed by atoms with E-state index in [2.05, 4.69) is 30.8 Å². The van der Waals surface area contributed by atoms with E-state index in [4.69, 9.17) is 21.7 Å². The van der Waals surface area contributed by atoms with E-state index in [1.54, 1.807) is 7.11 Å². The van der Waals surface area contributed by atoms with Crippen LogP contribution < -0.4 is 25.0 Å². The van der Waals surface area contributed by atoms with Crippen molar-refractivity contribution in [1.82, 2.24) is 5.32 Å². The second-order valence-corrected chi connectivity index (χ2v) is 6.57. The van der Waals surface area contributed by atoms with Gasteiger partial charge in [-0.05, 0) is 55.5 Å². The van der Waals surface area contributed by atoms with Crippen LogP contribution in [0.4, 0.5) is 5.69 Å². The molecule has 0 saturated carbocycles. The summed E-state index contributed by atoms with van der Waals surface area (Å²) in [4.78, 5) is 1.30. The molecule has 0 saturated heterocycles. The van der Waals surface area contributed by atoms with Crippen molar-refractivity contribution in [2.75, 3.05) is 39.7 Å². The van der Waals surface area contributed by atoms with Crippen molar-refractivity contribution >= 4 is 23.0 Å². The van der Waals surface area contributed by atoms with Gasteiger partial charge in [0.15, 0.2) is 5.11 Å². The van der Waals surface area contributed by atoms with Crippen LogP contribution in [0.15, 0.2) is 48.5 Å². The molecule has 0 unspecified atom stereocenters. The van der Waals surface area contributed by atoms with Gasteiger partial charge in [-0.1, -0.05) is 12.1 Å². The van der Waals surface area contributed by atoms with Crippen molar-refractivity contribution in [3.63, 3.8) is 0 Å². The third-order valence-corrected chi connectivity index (χ3v) is 4.35. The molecule has 0 aliphatic rings. The number of hydrogen-bond donors (Lipinski definition) is 3. The maximum Gasteiger partial charge on any atom is 0.171 e. The van der Waals surface area contributed by atoms with Gasteiger partial charge >= 0.3 is 0 Å². The van der Waals surface area contributed by atoms with Crippen molar-refractivity contribution < 1.29 is 14.4 Å². The summed E-state index contributed by atoms with van der Waals surface area (Å²) in [6, 6.07) is 16.1. The first-order valence-corrected chi connectivity index (χ1v) is 9.16. The first kappa shape index (κ1) is 20.0. The van der Waals surface area contributed by atoms with Crippen molar-refractivity contribution in [3.8, 4) is 11.5 Å². The molecule has 5 nitrogen and oxygen atoms in total. The summed E-state index contributed by atoms with van der Waals surface area (Å²) in [5.41, 5.74) is 2.09. The second-order valence-electron chi connectivity index (χ2n) is 6.16. The molecule has 0 fully saturated rings. The summed E-state index contributed by atoms with van der Waals surface area (Å²) in [5.74, 6) is 1.75. The number of hydrogen-bond acceptors (Lipinski definition) is 3. The molecule has 0 aromatic heterocycles. The molecule has 0 amide bonds. The molecule has 26 heavy (non-hydrogen) atoms. The Morgan fingerprint density at radius 2 is 1.81 bits per heavy atom. The lowest BCUT2D eigenvalue weighted by Gasteiger charge is -2.24. The number of rotatable bonds is 8. The van der Waals surface area contributed by atoms with Crippen LogP contribution in [0.25, 0.3) is 0 Å². The first-order chi connectivity index (χ1) is 12.5. The van der Waals surface area contributed by atoms with Gasteiger partial charge in [0, 0.05) is 5.69 Å². The van der Waals surface area contributed by atoms with Gasteiger partial charge in [0.1, 0.15) is 17.5 Å². The van der Waals surface area contributed by atoms with E-state index in [1.165, 1.54) is 4.90 Å². The molecular formula is C20H28N3O2S+. The lowest BCUT2D eigenvalue weighted by Crippen LogP contribution is -3.07. The van der Waals surface area contributed by atoms with Crippen molar-refractivity contribution in [2.45, 2.75) is 13.0 Å². The topological polar surface area (TPSA) is 47.0 Å². The summed E-state index contributed by atoms with van der Waals surface area (Å²) in [7, 11) is 5.95. The Balaban J connectivity index is 1.97. The van der Waals surface area contributed by atoms with Crippen molar-refractivity contribution in [2.24, 2.45) is 0 Å². The molecule has 140 valence electrons. The number of benzene rings is 2. The average Bonchev–Trinajstić information content (AvgIpc) is 2.64. The molecular weight excluding hydrogens is 346 g/mol. The van der Waals surface area contributed by atoms with E-state index in [-0.39, 0.29) is 6.04 Å². The fourth-order valence-electron chi connectivity index (χ4n) is 2.75. The maximum atomic E-state index is 5.51. The molecule has 1 atom stereocenters. The van der Waals surface area contributed by atoms with Gasteiger partial charge in [-0.15, -0.1) is 0 Å². The summed E-state index contributed by atoms with van der Waals surface area (Å²) in [5, 5.41) is 7.12. The fourth-order valence-corrected chi connectivity index (χ4v) is 2.95. The number of quaternary nitrogens is 1. The van der Waals surface area contributed by atoms with E-state index in [9.17, 15) is 0 Å². The van der Waals surface area contributed by atoms with Gasteiger partial charge in [-0.2, -0.15) is 0 Å². The number of anilines is 1. The van der Waals surface area contributed by atoms with Crippen LogP contribution in [0, 0.1) is 0 Å². The highest BCUT2D eigenvalue weighted by atomic mass is 32.1. The zero-order chi connectivity index (χ0) is 18.9. The highest BCUT2D eigenvalue weighted by Crippen LogP contribution is 2.22. The van der Waals surface area contributed by atoms with Gasteiger partial charge in [0.2, 0.25) is 0 Å². The zero-order valence-corrected chi connectivity index (χ0v) is 16.7. The third kappa shape index (κ3) is 5.61. The zero-order valence-electron chi connectivity index (χ0n) is 15.8. The number of likely N-dealkylation sites (N-methyl/N-ethyl adjacent to an activating group) is 1. The maximum absolute atomic E-state index is 5.51. The van der Waals surface area contributed by atoms with Crippen LogP contribution in [0.2, 0.25) is 0 Å². The molecule has 3 N–H and O–H groups in total. The average molecular weight is 375 g/mol. The Kier molecular flexibility index (Phi) is 7.69. The van der Waals surface area contributed by atoms with Gasteiger partial charge in [-0.3, -0.25) is 0 Å². The molecule has 6 heteroatoms. The summed E-state index contributed by atoms with van der Waals surface area (Å²) in [6.07, 6.45) is 0. The van der Waals surface area contributed by atoms with Crippen molar-refractivity contribution in [3.05, 3.63) is 54.1 Å². The number of ether oxygens (including phenoxy) is 2. The largest absolute Gasteiger partial charge is 0.496 e. The number of thiocarbonyl (C=S) groups is 1. The third-order valence-electron chi connectivity index (χ3n) is 4.10. The van der Waals surface area contributed by atoms with Gasteiger partial charge in [-0.25, -0.2) is 0 Å². The van der Waals surface area contributed by atoms with E-state index >= 15 is 0 Å². The van der Waals surface area contributed by atoms with E-state index in [1.807, 2.05) is 49.4 Å². The van der Waals surface area contributed by atoms with Gasteiger partial charge in [0.05, 0.1) is 39.9 Å². The standard InChI is InChI=1S/C20H27N3O2S/c1-5-25-16-12-10-15(11-13-16)22-20(26)21-14-18(23(2)3)17-8-6-7-9-19(17)24-4/h6-13,18H,5,14H2,1-4H3,(H2,21,22,26)/p+1/t18-/m1/s1. The normalized spacial score (nSPS) is 11.7. The highest BCUT2D eigenvalue weighted by molar-refractivity contribution is 7.80. The van der Waals surface area contributed by atoms with Gasteiger partial charge < -0.3 is 25.0 Å². The Bertz CT molecular complexity index is 704. The molecule has 0 aliphatic carbocycles. The summed E-state index contributed by atoms with van der Waals surface area (Å²) < 4.78 is 11.0. The van der Waals surface area contributed by atoms with Crippen LogP contribution in [-0.4, -0.2) is 39.5 Å². The van der Waals surface area contributed by atoms with Crippen LogP contribution in [-0.2, 0) is 0 Å². The number of nitrogens with one attached hydrogen (secondary N) is 3. The molecule has 0 heterocycles. The Hall–Kier alpha value is -2.31. The SMILES string of the molecule is CCOc1ccc(NC(=S)NC[C@H](c2ccccc2OC)[NH+](C)C)cc1. The predicted molar refractivity (Wildman–Crippen MR) is 110 cm³/mol. The lowest BCUT2D eigenvalue weighted by molar-refractivity contribution is -0.890. The van der Waals surface area contributed by atoms with Gasteiger partial charge in [0.25, 0.3) is 0 Å². The number of methoxy groups -OCH3 is 1. The molecule has 2 rings (SSSR count). The molecule has 0 spiro atoms.